The van der Waals surface area contributed by atoms with Gasteiger partial charge in [0.15, 0.2) is 0 Å². The lowest BCUT2D eigenvalue weighted by molar-refractivity contribution is 0.445. The van der Waals surface area contributed by atoms with Gasteiger partial charge in [-0.3, -0.25) is 0 Å². The van der Waals surface area contributed by atoms with Gasteiger partial charge in [0.05, 0.1) is 0 Å². The van der Waals surface area contributed by atoms with Gasteiger partial charge < -0.3 is 11.5 Å². The second-order valence-corrected chi connectivity index (χ2v) is 14.7. The highest BCUT2D eigenvalue weighted by molar-refractivity contribution is 5.44. The lowest BCUT2D eigenvalue weighted by atomic mass is 9.84. The summed E-state index contributed by atoms with van der Waals surface area (Å²) in [4.78, 5) is 0. The van der Waals surface area contributed by atoms with Gasteiger partial charge in [0, 0.05) is 23.2 Å². The summed E-state index contributed by atoms with van der Waals surface area (Å²) in [7, 11) is 0. The van der Waals surface area contributed by atoms with Gasteiger partial charge in [-0.25, -0.2) is 0 Å². The Morgan fingerprint density at radius 3 is 1.06 bits per heavy atom. The third kappa shape index (κ3) is 13.0. The largest absolute Gasteiger partial charge is 0.399 e. The van der Waals surface area contributed by atoms with Crippen molar-refractivity contribution in [1.82, 2.24) is 0 Å². The summed E-state index contributed by atoms with van der Waals surface area (Å²) in [5, 5.41) is 0. The number of hydrogen-bond donors (Lipinski definition) is 2. The maximum Gasteiger partial charge on any atom is 0.0314 e. The maximum atomic E-state index is 6.04. The first-order chi connectivity index (χ1) is 24.0. The van der Waals surface area contributed by atoms with E-state index < -0.39 is 0 Å². The monoisotopic (exact) mass is 659 g/mol. The average molecular weight is 659 g/mol. The second-order valence-electron chi connectivity index (χ2n) is 14.7. The first-order valence-electron chi connectivity index (χ1n) is 19.9. The molecule has 0 saturated heterocycles. The molecule has 0 amide bonds. The molecule has 0 radical (unpaired) electrons. The minimum atomic E-state index is 0.428. The Bertz CT molecular complexity index is 1310. The van der Waals surface area contributed by atoms with Crippen LogP contribution in [0.5, 0.6) is 0 Å². The Kier molecular flexibility index (Phi) is 16.8. The smallest absolute Gasteiger partial charge is 0.0314 e. The highest BCUT2D eigenvalue weighted by Gasteiger charge is 2.17. The molecule has 2 nitrogen and oxygen atoms in total. The Morgan fingerprint density at radius 1 is 0.367 bits per heavy atom. The third-order valence-corrected chi connectivity index (χ3v) is 10.6. The first kappa shape index (κ1) is 38.3. The van der Waals surface area contributed by atoms with E-state index in [-0.39, 0.29) is 0 Å². The van der Waals surface area contributed by atoms with E-state index in [0.717, 1.165) is 24.2 Å². The van der Waals surface area contributed by atoms with Crippen molar-refractivity contribution in [2.75, 3.05) is 11.5 Å². The van der Waals surface area contributed by atoms with Gasteiger partial charge in [0.2, 0.25) is 0 Å². The zero-order chi connectivity index (χ0) is 34.7. The van der Waals surface area contributed by atoms with Gasteiger partial charge in [0.1, 0.15) is 0 Å². The van der Waals surface area contributed by atoms with Crippen LogP contribution in [0.25, 0.3) is 0 Å². The molecular weight excluding hydrogens is 593 g/mol. The van der Waals surface area contributed by atoms with Crippen molar-refractivity contribution >= 4 is 11.4 Å². The van der Waals surface area contributed by atoms with Gasteiger partial charge in [-0.05, 0) is 95.7 Å². The average Bonchev–Trinajstić information content (AvgIpc) is 3.12. The first-order valence-corrected chi connectivity index (χ1v) is 19.9. The van der Waals surface area contributed by atoms with Crippen LogP contribution in [0.2, 0.25) is 0 Å². The fourth-order valence-electron chi connectivity index (χ4n) is 7.63. The van der Waals surface area contributed by atoms with Gasteiger partial charge in [-0.15, -0.1) is 0 Å². The highest BCUT2D eigenvalue weighted by Crippen LogP contribution is 2.33. The molecule has 0 aliphatic heterocycles. The van der Waals surface area contributed by atoms with Gasteiger partial charge in [-0.2, -0.15) is 0 Å². The fourth-order valence-corrected chi connectivity index (χ4v) is 7.63. The molecule has 2 unspecified atom stereocenters. The van der Waals surface area contributed by atoms with E-state index in [4.69, 9.17) is 11.5 Å². The van der Waals surface area contributed by atoms with Crippen molar-refractivity contribution in [3.63, 3.8) is 0 Å². The van der Waals surface area contributed by atoms with Gasteiger partial charge >= 0.3 is 0 Å². The van der Waals surface area contributed by atoms with Crippen LogP contribution in [0.4, 0.5) is 11.4 Å². The van der Waals surface area contributed by atoms with Crippen molar-refractivity contribution in [1.29, 1.82) is 0 Å². The van der Waals surface area contributed by atoms with Crippen LogP contribution in [0.3, 0.4) is 0 Å². The van der Waals surface area contributed by atoms with Crippen LogP contribution in [0.1, 0.15) is 162 Å². The minimum Gasteiger partial charge on any atom is -0.399 e. The second kappa shape index (κ2) is 21.5. The summed E-state index contributed by atoms with van der Waals surface area (Å²) in [6.07, 6.45) is 21.7. The van der Waals surface area contributed by atoms with Crippen molar-refractivity contribution < 1.29 is 0 Å². The lowest BCUT2D eigenvalue weighted by Gasteiger charge is -2.21. The molecule has 2 heteroatoms. The van der Waals surface area contributed by atoms with Crippen LogP contribution in [-0.4, -0.2) is 0 Å². The molecule has 0 fully saturated rings. The summed E-state index contributed by atoms with van der Waals surface area (Å²) in [6.45, 7) is 6.88. The topological polar surface area (TPSA) is 52.0 Å². The van der Waals surface area contributed by atoms with Crippen molar-refractivity contribution in [3.8, 4) is 0 Å². The SMILES string of the molecule is CCCCCCCCC(Cc1ccc(C(CCCCC)c2ccc(N)cc2)cc1)Cc1ccc(C(CCCCC)c2ccc(N)cc2)cc1. The van der Waals surface area contributed by atoms with E-state index in [2.05, 4.69) is 118 Å². The Labute approximate surface area is 300 Å². The molecule has 0 aliphatic carbocycles. The summed E-state index contributed by atoms with van der Waals surface area (Å²) in [6, 6.07) is 36.5. The Hall–Kier alpha value is -3.52. The molecule has 0 aromatic heterocycles. The highest BCUT2D eigenvalue weighted by atomic mass is 14.5. The maximum absolute atomic E-state index is 6.04. The number of benzene rings is 4. The molecule has 4 aromatic carbocycles. The zero-order valence-corrected chi connectivity index (χ0v) is 31.1. The summed E-state index contributed by atoms with van der Waals surface area (Å²) in [5.41, 5.74) is 22.3. The van der Waals surface area contributed by atoms with E-state index in [1.54, 1.807) is 0 Å². The van der Waals surface area contributed by atoms with E-state index in [1.807, 2.05) is 0 Å². The van der Waals surface area contributed by atoms with Crippen LogP contribution < -0.4 is 11.5 Å². The van der Waals surface area contributed by atoms with Crippen LogP contribution in [0.15, 0.2) is 97.1 Å². The van der Waals surface area contributed by atoms with Crippen LogP contribution in [0, 0.1) is 5.92 Å². The molecular formula is C47H66N2. The summed E-state index contributed by atoms with van der Waals surface area (Å²) < 4.78 is 0. The van der Waals surface area contributed by atoms with Crippen molar-refractivity contribution in [3.05, 3.63) is 130 Å². The quantitative estimate of drug-likeness (QED) is 0.0615. The van der Waals surface area contributed by atoms with E-state index in [1.165, 1.54) is 130 Å². The molecule has 4 rings (SSSR count). The van der Waals surface area contributed by atoms with Gasteiger partial charge in [0.25, 0.3) is 0 Å². The number of anilines is 2. The lowest BCUT2D eigenvalue weighted by Crippen LogP contribution is -2.10. The van der Waals surface area contributed by atoms with E-state index in [9.17, 15) is 0 Å². The third-order valence-electron chi connectivity index (χ3n) is 10.6. The standard InChI is InChI=1S/C47H66N2/c1-4-7-10-11-12-15-16-39(35-37-19-23-40(24-20-37)46(17-13-8-5-2)42-27-31-44(48)32-28-42)36-38-21-25-41(26-22-38)47(18-14-9-6-3)43-29-33-45(49)34-30-43/h19-34,39,46-47H,4-18,35-36,48-49H2,1-3H3. The normalized spacial score (nSPS) is 13.3. The van der Waals surface area contributed by atoms with Crippen LogP contribution >= 0.6 is 0 Å². The summed E-state index contributed by atoms with van der Waals surface area (Å²) in [5.74, 6) is 1.51. The van der Waals surface area contributed by atoms with E-state index >= 15 is 0 Å². The summed E-state index contributed by atoms with van der Waals surface area (Å²) >= 11 is 0. The van der Waals surface area contributed by atoms with Crippen LogP contribution in [-0.2, 0) is 12.8 Å². The molecule has 264 valence electrons. The molecule has 2 atom stereocenters. The molecule has 4 aromatic rings. The fraction of sp³-hybridized carbons (Fsp3) is 0.489. The Balaban J connectivity index is 1.47. The zero-order valence-electron chi connectivity index (χ0n) is 31.1. The number of rotatable bonds is 23. The predicted octanol–water partition coefficient (Wildman–Crippen LogP) is 13.4. The number of hydrogen-bond acceptors (Lipinski definition) is 2. The van der Waals surface area contributed by atoms with Crippen molar-refractivity contribution in [2.24, 2.45) is 5.92 Å². The molecule has 0 heterocycles. The minimum absolute atomic E-state index is 0.428. The number of nitrogens with two attached hydrogens (primary N) is 2. The molecule has 0 aliphatic rings. The van der Waals surface area contributed by atoms with Gasteiger partial charge in [-0.1, -0.05) is 171 Å². The molecule has 0 spiro atoms. The molecule has 49 heavy (non-hydrogen) atoms. The molecule has 0 bridgehead atoms. The molecule has 4 N–H and O–H groups in total. The number of nitrogen functional groups attached to an aromatic ring is 2. The Morgan fingerprint density at radius 2 is 0.673 bits per heavy atom. The van der Waals surface area contributed by atoms with Crippen molar-refractivity contribution in [2.45, 2.75) is 142 Å². The number of unbranched alkanes of at least 4 members (excludes halogenated alkanes) is 9. The predicted molar refractivity (Wildman–Crippen MR) is 215 cm³/mol. The molecule has 0 saturated carbocycles. The van der Waals surface area contributed by atoms with E-state index in [0.29, 0.717) is 17.8 Å².